The third kappa shape index (κ3) is 5.06. The average Bonchev–Trinajstić information content (AvgIpc) is 2.38. The van der Waals surface area contributed by atoms with Crippen molar-refractivity contribution in [1.82, 2.24) is 0 Å². The first-order valence-electron chi connectivity index (χ1n) is 5.49. The molecule has 0 aliphatic carbocycles. The normalized spacial score (nSPS) is 11.5. The van der Waals surface area contributed by atoms with Gasteiger partial charge in [-0.1, -0.05) is 0 Å². The number of rotatable bonds is 4. The summed E-state index contributed by atoms with van der Waals surface area (Å²) in [4.78, 5) is -0.534. The van der Waals surface area contributed by atoms with Crippen molar-refractivity contribution in [1.29, 1.82) is 0 Å². The van der Waals surface area contributed by atoms with Gasteiger partial charge in [-0.15, -0.1) is 0 Å². The van der Waals surface area contributed by atoms with Crippen LogP contribution in [0.4, 0.5) is 0 Å². The van der Waals surface area contributed by atoms with Gasteiger partial charge in [0.2, 0.25) is 0 Å². The second-order valence-corrected chi connectivity index (χ2v) is 6.84. The van der Waals surface area contributed by atoms with Gasteiger partial charge in [0.1, 0.15) is 11.5 Å². The third-order valence-corrected chi connectivity index (χ3v) is 4.21. The molecule has 10 heteroatoms. The number of hydrogen-bond donors (Lipinski definition) is 2. The van der Waals surface area contributed by atoms with Gasteiger partial charge in [-0.25, -0.2) is 0 Å². The van der Waals surface area contributed by atoms with Crippen LogP contribution in [0.2, 0.25) is 0 Å². The van der Waals surface area contributed by atoms with Crippen LogP contribution in [0.1, 0.15) is 0 Å². The van der Waals surface area contributed by atoms with Gasteiger partial charge < -0.3 is 4.74 Å². The summed E-state index contributed by atoms with van der Waals surface area (Å²) >= 11 is 0. The minimum absolute atomic E-state index is 0. The van der Waals surface area contributed by atoms with E-state index in [9.17, 15) is 16.8 Å². The van der Waals surface area contributed by atoms with Crippen molar-refractivity contribution in [2.45, 2.75) is 9.79 Å². The zero-order chi connectivity index (χ0) is 15.7. The van der Waals surface area contributed by atoms with E-state index in [2.05, 4.69) is 0 Å². The van der Waals surface area contributed by atoms with Gasteiger partial charge in [0, 0.05) is 0 Å². The first-order valence-corrected chi connectivity index (χ1v) is 8.37. The molecule has 0 spiro atoms. The molecule has 0 heterocycles. The Morgan fingerprint density at radius 2 is 0.909 bits per heavy atom. The van der Waals surface area contributed by atoms with Crippen molar-refractivity contribution < 1.29 is 30.7 Å². The van der Waals surface area contributed by atoms with Gasteiger partial charge in [0.05, 0.1) is 9.79 Å². The molecular formula is C12H11NaO7S2. The van der Waals surface area contributed by atoms with E-state index in [1.165, 1.54) is 24.3 Å². The van der Waals surface area contributed by atoms with Crippen LogP contribution in [-0.2, 0) is 20.2 Å². The van der Waals surface area contributed by atoms with Crippen LogP contribution in [0.15, 0.2) is 58.3 Å². The van der Waals surface area contributed by atoms with Crippen molar-refractivity contribution in [3.05, 3.63) is 48.5 Å². The maximum atomic E-state index is 10.9. The molecule has 2 aromatic carbocycles. The summed E-state index contributed by atoms with van der Waals surface area (Å²) in [5.41, 5.74) is 0. The second kappa shape index (κ2) is 7.09. The molecule has 2 N–H and O–H groups in total. The van der Waals surface area contributed by atoms with Gasteiger partial charge in [0.15, 0.2) is 0 Å². The van der Waals surface area contributed by atoms with Crippen molar-refractivity contribution in [3.63, 3.8) is 0 Å². The summed E-state index contributed by atoms with van der Waals surface area (Å²) < 4.78 is 66.5. The van der Waals surface area contributed by atoms with Gasteiger partial charge in [-0.2, -0.15) is 16.8 Å². The standard InChI is InChI=1S/C12H10O7S2.Na.H/c13-20(14,15)11-5-1-9(2-6-11)19-10-3-7-12(8-4-10)21(16,17)18;;/h1-8H,(H,13,14,15)(H,16,17,18);;. The summed E-state index contributed by atoms with van der Waals surface area (Å²) in [6, 6.07) is 9.99. The first-order chi connectivity index (χ1) is 9.66. The van der Waals surface area contributed by atoms with Crippen LogP contribution < -0.4 is 4.74 Å². The Morgan fingerprint density at radius 1 is 0.636 bits per heavy atom. The molecule has 0 saturated heterocycles. The molecule has 2 rings (SSSR count). The van der Waals surface area contributed by atoms with Crippen molar-refractivity contribution >= 4 is 49.8 Å². The molecule has 0 saturated carbocycles. The van der Waals surface area contributed by atoms with E-state index in [1.54, 1.807) is 0 Å². The average molecular weight is 354 g/mol. The van der Waals surface area contributed by atoms with Gasteiger partial charge in [-0.05, 0) is 48.5 Å². The van der Waals surface area contributed by atoms with E-state index in [0.29, 0.717) is 11.5 Å². The number of benzene rings is 2. The maximum absolute atomic E-state index is 10.9. The van der Waals surface area contributed by atoms with Crippen LogP contribution in [0.3, 0.4) is 0 Å². The zero-order valence-corrected chi connectivity index (χ0v) is 12.0. The van der Waals surface area contributed by atoms with Crippen LogP contribution in [0, 0.1) is 0 Å². The van der Waals surface area contributed by atoms with Crippen LogP contribution in [0.5, 0.6) is 11.5 Å². The molecule has 0 atom stereocenters. The van der Waals surface area contributed by atoms with E-state index in [1.807, 2.05) is 0 Å². The van der Waals surface area contributed by atoms with Crippen LogP contribution >= 0.6 is 0 Å². The second-order valence-electron chi connectivity index (χ2n) is 4.00. The Labute approximate surface area is 149 Å². The quantitative estimate of drug-likeness (QED) is 0.628. The molecule has 0 radical (unpaired) electrons. The summed E-state index contributed by atoms with van der Waals surface area (Å²) in [6.45, 7) is 0. The monoisotopic (exact) mass is 354 g/mol. The predicted molar refractivity (Wildman–Crippen MR) is 79.7 cm³/mol. The predicted octanol–water partition coefficient (Wildman–Crippen LogP) is 1.32. The molecule has 2 aromatic rings. The fraction of sp³-hybridized carbons (Fsp3) is 0. The molecular weight excluding hydrogens is 343 g/mol. The summed E-state index contributed by atoms with van der Waals surface area (Å²) in [5.74, 6) is 0.587. The molecule has 0 fully saturated rings. The molecule has 0 aliphatic heterocycles. The van der Waals surface area contributed by atoms with E-state index in [4.69, 9.17) is 13.8 Å². The molecule has 0 bridgehead atoms. The SMILES string of the molecule is O=S(=O)(O)c1ccc(Oc2ccc(S(=O)(=O)O)cc2)cc1.[NaH]. The van der Waals surface area contributed by atoms with Crippen LogP contribution in [0.25, 0.3) is 0 Å². The number of ether oxygens (including phenoxy) is 1. The van der Waals surface area contributed by atoms with E-state index < -0.39 is 20.2 Å². The molecule has 22 heavy (non-hydrogen) atoms. The third-order valence-electron chi connectivity index (χ3n) is 2.48. The van der Waals surface area contributed by atoms with Crippen molar-refractivity contribution in [2.24, 2.45) is 0 Å². The molecule has 114 valence electrons. The summed E-state index contributed by atoms with van der Waals surface area (Å²) in [7, 11) is -8.53. The zero-order valence-electron chi connectivity index (χ0n) is 10.4. The minimum atomic E-state index is -4.26. The van der Waals surface area contributed by atoms with Crippen LogP contribution in [-0.4, -0.2) is 55.5 Å². The molecule has 0 aliphatic rings. The van der Waals surface area contributed by atoms with Gasteiger partial charge >= 0.3 is 29.6 Å². The Kier molecular flexibility index (Phi) is 6.16. The fourth-order valence-corrected chi connectivity index (χ4v) is 2.46. The Morgan fingerprint density at radius 3 is 1.14 bits per heavy atom. The Hall–Kier alpha value is -0.940. The fourth-order valence-electron chi connectivity index (χ4n) is 1.50. The van der Waals surface area contributed by atoms with E-state index in [-0.39, 0.29) is 39.3 Å². The first kappa shape index (κ1) is 19.1. The molecule has 0 amide bonds. The van der Waals surface area contributed by atoms with Crippen molar-refractivity contribution in [2.75, 3.05) is 0 Å². The Balaban J connectivity index is 0.00000242. The topological polar surface area (TPSA) is 118 Å². The van der Waals surface area contributed by atoms with E-state index in [0.717, 1.165) is 24.3 Å². The number of hydrogen-bond acceptors (Lipinski definition) is 5. The van der Waals surface area contributed by atoms with Gasteiger partial charge in [-0.3, -0.25) is 9.11 Å². The van der Waals surface area contributed by atoms with E-state index >= 15 is 0 Å². The molecule has 7 nitrogen and oxygen atoms in total. The molecule has 0 unspecified atom stereocenters. The van der Waals surface area contributed by atoms with Gasteiger partial charge in [0.25, 0.3) is 20.2 Å². The molecule has 0 aromatic heterocycles. The Bertz CT molecular complexity index is 768. The summed E-state index contributed by atoms with van der Waals surface area (Å²) in [6.07, 6.45) is 0. The summed E-state index contributed by atoms with van der Waals surface area (Å²) in [5, 5.41) is 0. The van der Waals surface area contributed by atoms with Crippen molar-refractivity contribution in [3.8, 4) is 11.5 Å².